The molecule has 1 heterocycles. The molecule has 0 spiro atoms. The van der Waals surface area contributed by atoms with Gasteiger partial charge in [0.15, 0.2) is 0 Å². The first-order valence-electron chi connectivity index (χ1n) is 8.45. The van der Waals surface area contributed by atoms with Crippen LogP contribution in [0.25, 0.3) is 0 Å². The number of hydrogen-bond donors (Lipinski definition) is 0. The lowest BCUT2D eigenvalue weighted by Crippen LogP contribution is -2.13. The van der Waals surface area contributed by atoms with E-state index in [1.165, 1.54) is 0 Å². The number of aryl methyl sites for hydroxylation is 2. The quantitative estimate of drug-likeness (QED) is 0.510. The fourth-order valence-corrected chi connectivity index (χ4v) is 3.47. The standard InChI is InChI=1S/C20H23N3OSi/c1-15-14-21-23(2)20(15)19(16-10-6-5-7-11-16)22-17-12-8-9-13-18(17)24-25(3)4/h5-14,25H,1-4H3. The third-order valence-corrected chi connectivity index (χ3v) is 4.58. The molecule has 0 aliphatic rings. The van der Waals surface area contributed by atoms with Crippen LogP contribution in [0.1, 0.15) is 16.8 Å². The van der Waals surface area contributed by atoms with Gasteiger partial charge in [-0.05, 0) is 37.7 Å². The molecule has 0 aliphatic heterocycles. The highest BCUT2D eigenvalue weighted by atomic mass is 28.3. The van der Waals surface area contributed by atoms with Crippen molar-refractivity contribution >= 4 is 20.4 Å². The molecular formula is C20H23N3OSi. The van der Waals surface area contributed by atoms with Crippen LogP contribution in [0.4, 0.5) is 5.69 Å². The molecule has 25 heavy (non-hydrogen) atoms. The summed E-state index contributed by atoms with van der Waals surface area (Å²) in [6.07, 6.45) is 1.87. The van der Waals surface area contributed by atoms with Gasteiger partial charge >= 0.3 is 0 Å². The van der Waals surface area contributed by atoms with Crippen molar-refractivity contribution in [2.24, 2.45) is 12.0 Å². The van der Waals surface area contributed by atoms with Gasteiger partial charge in [-0.2, -0.15) is 5.10 Å². The van der Waals surface area contributed by atoms with E-state index < -0.39 is 9.04 Å². The Bertz CT molecular complexity index is 865. The summed E-state index contributed by atoms with van der Waals surface area (Å²) in [5, 5.41) is 4.39. The Hall–Kier alpha value is -2.66. The van der Waals surface area contributed by atoms with E-state index in [-0.39, 0.29) is 0 Å². The maximum atomic E-state index is 6.07. The van der Waals surface area contributed by atoms with Gasteiger partial charge in [0.25, 0.3) is 0 Å². The number of aromatic nitrogens is 2. The first-order chi connectivity index (χ1) is 12.1. The Morgan fingerprint density at radius 1 is 1.04 bits per heavy atom. The van der Waals surface area contributed by atoms with Gasteiger partial charge < -0.3 is 4.43 Å². The van der Waals surface area contributed by atoms with Crippen LogP contribution in [0, 0.1) is 6.92 Å². The molecule has 4 nitrogen and oxygen atoms in total. The van der Waals surface area contributed by atoms with Gasteiger partial charge in [0.2, 0.25) is 9.04 Å². The van der Waals surface area contributed by atoms with E-state index in [0.29, 0.717) is 0 Å². The summed E-state index contributed by atoms with van der Waals surface area (Å²) >= 11 is 0. The monoisotopic (exact) mass is 349 g/mol. The van der Waals surface area contributed by atoms with E-state index in [9.17, 15) is 0 Å². The largest absolute Gasteiger partial charge is 0.546 e. The van der Waals surface area contributed by atoms with E-state index in [4.69, 9.17) is 9.42 Å². The highest BCUT2D eigenvalue weighted by molar-refractivity contribution is 6.49. The lowest BCUT2D eigenvalue weighted by molar-refractivity contribution is 0.582. The van der Waals surface area contributed by atoms with Gasteiger partial charge in [-0.3, -0.25) is 4.68 Å². The molecule has 2 aromatic carbocycles. The predicted octanol–water partition coefficient (Wildman–Crippen LogP) is 4.26. The number of para-hydroxylation sites is 2. The number of nitrogens with zero attached hydrogens (tertiary/aromatic N) is 3. The predicted molar refractivity (Wildman–Crippen MR) is 106 cm³/mol. The molecular weight excluding hydrogens is 326 g/mol. The summed E-state index contributed by atoms with van der Waals surface area (Å²) in [5.74, 6) is 0.845. The topological polar surface area (TPSA) is 39.4 Å². The van der Waals surface area contributed by atoms with Crippen LogP contribution in [-0.4, -0.2) is 24.5 Å². The van der Waals surface area contributed by atoms with Gasteiger partial charge in [-0.25, -0.2) is 4.99 Å². The van der Waals surface area contributed by atoms with E-state index in [2.05, 4.69) is 37.2 Å². The van der Waals surface area contributed by atoms with Crippen LogP contribution in [0.15, 0.2) is 65.8 Å². The smallest absolute Gasteiger partial charge is 0.229 e. The molecule has 0 fully saturated rings. The van der Waals surface area contributed by atoms with E-state index >= 15 is 0 Å². The summed E-state index contributed by atoms with van der Waals surface area (Å²) in [7, 11) is 0.736. The van der Waals surface area contributed by atoms with Crippen LogP contribution >= 0.6 is 0 Å². The van der Waals surface area contributed by atoms with Crippen molar-refractivity contribution in [3.63, 3.8) is 0 Å². The van der Waals surface area contributed by atoms with E-state index in [1.807, 2.05) is 60.4 Å². The minimum Gasteiger partial charge on any atom is -0.546 e. The normalized spacial score (nSPS) is 11.8. The molecule has 3 rings (SSSR count). The molecule has 0 bridgehead atoms. The maximum absolute atomic E-state index is 6.07. The molecule has 0 radical (unpaired) electrons. The second-order valence-corrected chi connectivity index (χ2v) is 8.59. The molecule has 0 atom stereocenters. The molecule has 5 heteroatoms. The molecule has 0 unspecified atom stereocenters. The molecule has 128 valence electrons. The van der Waals surface area contributed by atoms with Crippen molar-refractivity contribution in [3.8, 4) is 5.75 Å². The van der Waals surface area contributed by atoms with Crippen LogP contribution in [0.5, 0.6) is 5.75 Å². The SMILES string of the molecule is Cc1cnn(C)c1C(=Nc1ccccc1O[SiH](C)C)c1ccccc1. The number of benzene rings is 2. The van der Waals surface area contributed by atoms with Gasteiger partial charge in [0, 0.05) is 12.6 Å². The Kier molecular flexibility index (Phi) is 5.14. The van der Waals surface area contributed by atoms with Crippen molar-refractivity contribution in [3.05, 3.63) is 77.6 Å². The van der Waals surface area contributed by atoms with Crippen molar-refractivity contribution in [2.75, 3.05) is 0 Å². The Labute approximate surface area is 150 Å². The molecule has 1 aromatic heterocycles. The lowest BCUT2D eigenvalue weighted by Gasteiger charge is -2.14. The fraction of sp³-hybridized carbons (Fsp3) is 0.200. The summed E-state index contributed by atoms with van der Waals surface area (Å²) in [6, 6.07) is 18.2. The van der Waals surface area contributed by atoms with Gasteiger partial charge in [0.05, 0.1) is 17.6 Å². The molecule has 0 saturated carbocycles. The molecule has 0 aliphatic carbocycles. The summed E-state index contributed by atoms with van der Waals surface area (Å²) in [5.41, 5.74) is 4.93. The second-order valence-electron chi connectivity index (χ2n) is 6.26. The average Bonchev–Trinajstić information content (AvgIpc) is 2.93. The third-order valence-electron chi connectivity index (χ3n) is 3.85. The third kappa shape index (κ3) is 3.88. The Balaban J connectivity index is 2.18. The minimum atomic E-state index is -1.21. The van der Waals surface area contributed by atoms with Crippen molar-refractivity contribution < 1.29 is 4.43 Å². The highest BCUT2D eigenvalue weighted by Gasteiger charge is 2.16. The lowest BCUT2D eigenvalue weighted by atomic mass is 10.0. The zero-order valence-corrected chi connectivity index (χ0v) is 16.3. The average molecular weight is 350 g/mol. The summed E-state index contributed by atoms with van der Waals surface area (Å²) in [6.45, 7) is 6.37. The van der Waals surface area contributed by atoms with Crippen molar-refractivity contribution in [2.45, 2.75) is 20.0 Å². The first-order valence-corrected chi connectivity index (χ1v) is 11.2. The van der Waals surface area contributed by atoms with Crippen LogP contribution in [0.3, 0.4) is 0 Å². The van der Waals surface area contributed by atoms with Crippen molar-refractivity contribution in [1.29, 1.82) is 0 Å². The highest BCUT2D eigenvalue weighted by Crippen LogP contribution is 2.29. The molecule has 0 N–H and O–H groups in total. The second kappa shape index (κ2) is 7.48. The Morgan fingerprint density at radius 3 is 2.36 bits per heavy atom. The molecule has 3 aromatic rings. The number of rotatable bonds is 5. The van der Waals surface area contributed by atoms with Gasteiger partial charge in [-0.15, -0.1) is 0 Å². The van der Waals surface area contributed by atoms with E-state index in [1.54, 1.807) is 0 Å². The van der Waals surface area contributed by atoms with Crippen LogP contribution in [-0.2, 0) is 7.05 Å². The zero-order valence-electron chi connectivity index (χ0n) is 15.1. The number of hydrogen-bond acceptors (Lipinski definition) is 3. The summed E-state index contributed by atoms with van der Waals surface area (Å²) < 4.78 is 7.95. The van der Waals surface area contributed by atoms with Gasteiger partial charge in [-0.1, -0.05) is 42.5 Å². The Morgan fingerprint density at radius 2 is 1.72 bits per heavy atom. The van der Waals surface area contributed by atoms with Gasteiger partial charge in [0.1, 0.15) is 11.4 Å². The van der Waals surface area contributed by atoms with E-state index in [0.717, 1.165) is 34.0 Å². The van der Waals surface area contributed by atoms with Crippen LogP contribution < -0.4 is 4.43 Å². The minimum absolute atomic E-state index is 0.845. The maximum Gasteiger partial charge on any atom is 0.229 e. The molecule has 0 saturated heterocycles. The fourth-order valence-electron chi connectivity index (χ4n) is 2.76. The number of aliphatic imine (C=N–C) groups is 1. The summed E-state index contributed by atoms with van der Waals surface area (Å²) in [4.78, 5) is 5.00. The van der Waals surface area contributed by atoms with Crippen LogP contribution in [0.2, 0.25) is 13.1 Å². The zero-order chi connectivity index (χ0) is 17.8. The molecule has 0 amide bonds. The first kappa shape index (κ1) is 17.2. The van der Waals surface area contributed by atoms with Crippen molar-refractivity contribution in [1.82, 2.24) is 9.78 Å².